The van der Waals surface area contributed by atoms with E-state index in [9.17, 15) is 0 Å². The Morgan fingerprint density at radius 1 is 1.12 bits per heavy atom. The minimum Gasteiger partial charge on any atom is -0.418 e. The highest BCUT2D eigenvalue weighted by atomic mass is 16.4. The lowest BCUT2D eigenvalue weighted by atomic mass is 10.1. The molecule has 0 saturated heterocycles. The predicted molar refractivity (Wildman–Crippen MR) is 66.4 cm³/mol. The van der Waals surface area contributed by atoms with Crippen LogP contribution in [-0.4, -0.2) is 9.97 Å². The molecule has 0 radical (unpaired) electrons. The smallest absolute Gasteiger partial charge is 0.249 e. The van der Waals surface area contributed by atoms with Crippen molar-refractivity contribution in [2.24, 2.45) is 0 Å². The summed E-state index contributed by atoms with van der Waals surface area (Å²) in [7, 11) is 0. The summed E-state index contributed by atoms with van der Waals surface area (Å²) >= 11 is 0. The molecule has 2 N–H and O–H groups in total. The van der Waals surface area contributed by atoms with E-state index >= 15 is 0 Å². The van der Waals surface area contributed by atoms with E-state index in [1.807, 2.05) is 31.2 Å². The average Bonchev–Trinajstić information content (AvgIpc) is 2.75. The van der Waals surface area contributed by atoms with Crippen LogP contribution in [0.4, 0.5) is 5.69 Å². The van der Waals surface area contributed by atoms with Gasteiger partial charge in [-0.2, -0.15) is 0 Å². The van der Waals surface area contributed by atoms with Crippen LogP contribution in [-0.2, 0) is 0 Å². The summed E-state index contributed by atoms with van der Waals surface area (Å²) < 4.78 is 5.57. The van der Waals surface area contributed by atoms with Crippen LogP contribution in [0.3, 0.4) is 0 Å². The highest BCUT2D eigenvalue weighted by molar-refractivity contribution is 5.84. The van der Waals surface area contributed by atoms with E-state index in [1.54, 1.807) is 12.3 Å². The summed E-state index contributed by atoms with van der Waals surface area (Å²) in [6.45, 7) is 2.04. The maximum atomic E-state index is 5.81. The molecule has 0 unspecified atom stereocenters. The molecule has 0 amide bonds. The standard InChI is InChI=1S/C13H11N3O/c1-8-2-4-9(5-3-8)12-16-11-10(14)6-7-15-13(11)17-12/h2-7H,1H3,(H2,14,15). The minimum absolute atomic E-state index is 0.473. The summed E-state index contributed by atoms with van der Waals surface area (Å²) in [6.07, 6.45) is 1.61. The number of anilines is 1. The zero-order valence-electron chi connectivity index (χ0n) is 9.34. The van der Waals surface area contributed by atoms with Crippen LogP contribution in [0.2, 0.25) is 0 Å². The first kappa shape index (κ1) is 9.84. The van der Waals surface area contributed by atoms with Gasteiger partial charge in [-0.05, 0) is 25.1 Å². The van der Waals surface area contributed by atoms with Gasteiger partial charge in [-0.3, -0.25) is 0 Å². The molecular weight excluding hydrogens is 214 g/mol. The number of rotatable bonds is 1. The molecule has 3 rings (SSSR count). The Labute approximate surface area is 98.1 Å². The van der Waals surface area contributed by atoms with Crippen molar-refractivity contribution in [2.75, 3.05) is 5.73 Å². The van der Waals surface area contributed by atoms with Crippen LogP contribution in [0.1, 0.15) is 5.56 Å². The molecule has 17 heavy (non-hydrogen) atoms. The molecular formula is C13H11N3O. The second kappa shape index (κ2) is 3.59. The van der Waals surface area contributed by atoms with E-state index in [4.69, 9.17) is 10.2 Å². The van der Waals surface area contributed by atoms with Gasteiger partial charge in [-0.1, -0.05) is 17.7 Å². The van der Waals surface area contributed by atoms with Crippen molar-refractivity contribution in [3.05, 3.63) is 42.1 Å². The SMILES string of the molecule is Cc1ccc(-c2nc3c(N)ccnc3o2)cc1. The molecule has 0 atom stereocenters. The first-order valence-corrected chi connectivity index (χ1v) is 5.32. The molecule has 0 aliphatic carbocycles. The fraction of sp³-hybridized carbons (Fsp3) is 0.0769. The number of nitrogens with zero attached hydrogens (tertiary/aromatic N) is 2. The number of nitrogen functional groups attached to an aromatic ring is 1. The molecule has 0 aliphatic rings. The lowest BCUT2D eigenvalue weighted by molar-refractivity contribution is 0.608. The summed E-state index contributed by atoms with van der Waals surface area (Å²) in [6, 6.07) is 9.68. The highest BCUT2D eigenvalue weighted by Gasteiger charge is 2.10. The van der Waals surface area contributed by atoms with Gasteiger partial charge >= 0.3 is 0 Å². The van der Waals surface area contributed by atoms with Crippen LogP contribution in [0.5, 0.6) is 0 Å². The predicted octanol–water partition coefficient (Wildman–Crippen LogP) is 2.78. The number of pyridine rings is 1. The molecule has 0 aliphatic heterocycles. The van der Waals surface area contributed by atoms with Gasteiger partial charge in [0.2, 0.25) is 11.6 Å². The van der Waals surface area contributed by atoms with Crippen molar-refractivity contribution in [3.63, 3.8) is 0 Å². The number of hydrogen-bond acceptors (Lipinski definition) is 4. The van der Waals surface area contributed by atoms with Gasteiger partial charge in [0, 0.05) is 11.8 Å². The van der Waals surface area contributed by atoms with Crippen LogP contribution in [0.25, 0.3) is 22.7 Å². The maximum absolute atomic E-state index is 5.81. The van der Waals surface area contributed by atoms with Crippen LogP contribution < -0.4 is 5.73 Å². The monoisotopic (exact) mass is 225 g/mol. The molecule has 0 spiro atoms. The second-order valence-electron chi connectivity index (χ2n) is 3.94. The summed E-state index contributed by atoms with van der Waals surface area (Å²) in [5, 5.41) is 0. The Bertz CT molecular complexity index is 671. The van der Waals surface area contributed by atoms with Gasteiger partial charge in [0.1, 0.15) is 0 Å². The number of fused-ring (bicyclic) bond motifs is 1. The largest absolute Gasteiger partial charge is 0.418 e. The summed E-state index contributed by atoms with van der Waals surface area (Å²) in [4.78, 5) is 8.45. The van der Waals surface area contributed by atoms with Gasteiger partial charge in [0.15, 0.2) is 5.52 Å². The fourth-order valence-electron chi connectivity index (χ4n) is 1.67. The minimum atomic E-state index is 0.473. The molecule has 3 aromatic rings. The van der Waals surface area contributed by atoms with E-state index in [0.29, 0.717) is 22.8 Å². The number of oxazole rings is 1. The third kappa shape index (κ3) is 1.63. The molecule has 2 aromatic heterocycles. The van der Waals surface area contributed by atoms with Gasteiger partial charge in [0.25, 0.3) is 0 Å². The molecule has 0 bridgehead atoms. The van der Waals surface area contributed by atoms with E-state index < -0.39 is 0 Å². The summed E-state index contributed by atoms with van der Waals surface area (Å²) in [5.41, 5.74) is 9.60. The quantitative estimate of drug-likeness (QED) is 0.691. The van der Waals surface area contributed by atoms with Gasteiger partial charge in [-0.15, -0.1) is 0 Å². The Hall–Kier alpha value is -2.36. The topological polar surface area (TPSA) is 64.9 Å². The van der Waals surface area contributed by atoms with Crippen LogP contribution in [0, 0.1) is 6.92 Å². The maximum Gasteiger partial charge on any atom is 0.249 e. The van der Waals surface area contributed by atoms with Crippen molar-refractivity contribution < 1.29 is 4.42 Å². The highest BCUT2D eigenvalue weighted by Crippen LogP contribution is 2.25. The van der Waals surface area contributed by atoms with Crippen molar-refractivity contribution in [1.82, 2.24) is 9.97 Å². The lowest BCUT2D eigenvalue weighted by Crippen LogP contribution is -1.86. The molecule has 0 saturated carbocycles. The van der Waals surface area contributed by atoms with Gasteiger partial charge < -0.3 is 10.2 Å². The van der Waals surface area contributed by atoms with E-state index in [1.165, 1.54) is 5.56 Å². The average molecular weight is 225 g/mol. The molecule has 1 aromatic carbocycles. The van der Waals surface area contributed by atoms with Crippen molar-refractivity contribution in [3.8, 4) is 11.5 Å². The molecule has 84 valence electrons. The Morgan fingerprint density at radius 3 is 2.59 bits per heavy atom. The molecule has 4 nitrogen and oxygen atoms in total. The van der Waals surface area contributed by atoms with Crippen molar-refractivity contribution >= 4 is 16.9 Å². The molecule has 2 heterocycles. The number of nitrogens with two attached hydrogens (primary N) is 1. The third-order valence-electron chi connectivity index (χ3n) is 2.63. The van der Waals surface area contributed by atoms with E-state index in [2.05, 4.69) is 9.97 Å². The zero-order chi connectivity index (χ0) is 11.8. The Balaban J connectivity index is 2.18. The first-order valence-electron chi connectivity index (χ1n) is 5.32. The molecule has 4 heteroatoms. The number of hydrogen-bond donors (Lipinski definition) is 1. The van der Waals surface area contributed by atoms with Gasteiger partial charge in [-0.25, -0.2) is 9.97 Å². The van der Waals surface area contributed by atoms with E-state index in [-0.39, 0.29) is 0 Å². The fourth-order valence-corrected chi connectivity index (χ4v) is 1.67. The Morgan fingerprint density at radius 2 is 1.88 bits per heavy atom. The first-order chi connectivity index (χ1) is 8.24. The third-order valence-corrected chi connectivity index (χ3v) is 2.63. The van der Waals surface area contributed by atoms with Gasteiger partial charge in [0.05, 0.1) is 5.69 Å². The van der Waals surface area contributed by atoms with Crippen molar-refractivity contribution in [1.29, 1.82) is 0 Å². The van der Waals surface area contributed by atoms with Crippen molar-refractivity contribution in [2.45, 2.75) is 6.92 Å². The molecule has 0 fully saturated rings. The Kier molecular flexibility index (Phi) is 2.08. The number of benzene rings is 1. The second-order valence-corrected chi connectivity index (χ2v) is 3.94. The number of aromatic nitrogens is 2. The number of aryl methyl sites for hydroxylation is 1. The van der Waals surface area contributed by atoms with E-state index in [0.717, 1.165) is 5.56 Å². The van der Waals surface area contributed by atoms with Crippen LogP contribution in [0.15, 0.2) is 40.9 Å². The van der Waals surface area contributed by atoms with Crippen LogP contribution >= 0.6 is 0 Å². The summed E-state index contributed by atoms with van der Waals surface area (Å²) in [5.74, 6) is 0.547. The normalized spacial score (nSPS) is 10.9. The zero-order valence-corrected chi connectivity index (χ0v) is 9.34. The lowest BCUT2D eigenvalue weighted by Gasteiger charge is -1.94.